The molecule has 38 heavy (non-hydrogen) atoms. The highest BCUT2D eigenvalue weighted by atomic mass is 79.9. The summed E-state index contributed by atoms with van der Waals surface area (Å²) in [6.45, 7) is 1.32. The number of anilines is 2. The highest BCUT2D eigenvalue weighted by molar-refractivity contribution is 9.10. The quantitative estimate of drug-likeness (QED) is 0.289. The number of hydrogen-bond acceptors (Lipinski definition) is 6. The molecule has 1 fully saturated rings. The fourth-order valence-corrected chi connectivity index (χ4v) is 4.20. The fourth-order valence-electron chi connectivity index (χ4n) is 3.65. The van der Waals surface area contributed by atoms with Gasteiger partial charge in [-0.1, -0.05) is 33.6 Å². The molecule has 0 atom stereocenters. The van der Waals surface area contributed by atoms with Crippen molar-refractivity contribution in [3.63, 3.8) is 0 Å². The SMILES string of the molecule is COc1ccc(NC(=O)COc2ccc(Br)cc2/C=C2/C(=O)NC(=O)N(c3cccc(Cl)c3C)C2=O)cc1. The van der Waals surface area contributed by atoms with Gasteiger partial charge >= 0.3 is 6.03 Å². The van der Waals surface area contributed by atoms with Crippen LogP contribution in [0.4, 0.5) is 16.2 Å². The van der Waals surface area contributed by atoms with Crippen LogP contribution in [0.25, 0.3) is 6.08 Å². The Bertz CT molecular complexity index is 1470. The number of carbonyl (C=O) groups excluding carboxylic acids is 4. The standard InChI is InChI=1S/C27H21BrClN3O6/c1-15-21(29)4-3-5-22(15)32-26(35)20(25(34)31-27(32)36)13-16-12-17(28)6-11-23(16)38-14-24(33)30-18-7-9-19(37-2)10-8-18/h3-13H,14H2,1-2H3,(H,30,33)(H,31,34,36)/b20-13-. The maximum atomic E-state index is 13.3. The summed E-state index contributed by atoms with van der Waals surface area (Å²) < 4.78 is 11.4. The van der Waals surface area contributed by atoms with E-state index in [-0.39, 0.29) is 23.6 Å². The van der Waals surface area contributed by atoms with E-state index in [1.807, 2.05) is 0 Å². The molecule has 0 radical (unpaired) electrons. The molecule has 0 spiro atoms. The Morgan fingerprint density at radius 2 is 1.84 bits per heavy atom. The first-order chi connectivity index (χ1) is 18.2. The van der Waals surface area contributed by atoms with Crippen LogP contribution in [0.5, 0.6) is 11.5 Å². The maximum Gasteiger partial charge on any atom is 0.335 e. The zero-order valence-corrected chi connectivity index (χ0v) is 22.6. The summed E-state index contributed by atoms with van der Waals surface area (Å²) in [5, 5.41) is 5.26. The van der Waals surface area contributed by atoms with Crippen LogP contribution in [-0.2, 0) is 14.4 Å². The van der Waals surface area contributed by atoms with Crippen molar-refractivity contribution in [2.75, 3.05) is 23.9 Å². The van der Waals surface area contributed by atoms with Crippen molar-refractivity contribution in [3.05, 3.63) is 86.9 Å². The lowest BCUT2D eigenvalue weighted by Crippen LogP contribution is -2.54. The van der Waals surface area contributed by atoms with Crippen molar-refractivity contribution in [1.29, 1.82) is 0 Å². The number of ether oxygens (including phenoxy) is 2. The molecule has 1 heterocycles. The van der Waals surface area contributed by atoms with E-state index in [0.717, 1.165) is 4.90 Å². The molecule has 9 nitrogen and oxygen atoms in total. The fraction of sp³-hybridized carbons (Fsp3) is 0.111. The van der Waals surface area contributed by atoms with Crippen molar-refractivity contribution < 1.29 is 28.7 Å². The molecule has 0 unspecified atom stereocenters. The molecule has 2 N–H and O–H groups in total. The Balaban J connectivity index is 1.58. The molecule has 194 valence electrons. The van der Waals surface area contributed by atoms with Crippen molar-refractivity contribution in [1.82, 2.24) is 5.32 Å². The first-order valence-corrected chi connectivity index (χ1v) is 12.4. The van der Waals surface area contributed by atoms with Gasteiger partial charge in [-0.2, -0.15) is 0 Å². The van der Waals surface area contributed by atoms with E-state index in [0.29, 0.717) is 32.1 Å². The minimum atomic E-state index is -0.886. The summed E-state index contributed by atoms with van der Waals surface area (Å²) in [4.78, 5) is 51.9. The number of rotatable bonds is 7. The Labute approximate surface area is 231 Å². The van der Waals surface area contributed by atoms with Crippen molar-refractivity contribution >= 4 is 68.7 Å². The number of benzene rings is 3. The molecule has 1 aliphatic heterocycles. The van der Waals surface area contributed by atoms with E-state index in [2.05, 4.69) is 26.6 Å². The van der Waals surface area contributed by atoms with E-state index < -0.39 is 23.8 Å². The van der Waals surface area contributed by atoms with Gasteiger partial charge in [0.05, 0.1) is 12.8 Å². The van der Waals surface area contributed by atoms with Crippen LogP contribution < -0.4 is 25.0 Å². The second-order valence-electron chi connectivity index (χ2n) is 8.09. The molecule has 0 saturated carbocycles. The van der Waals surface area contributed by atoms with Gasteiger partial charge in [0.1, 0.15) is 17.1 Å². The number of nitrogens with one attached hydrogen (secondary N) is 2. The second-order valence-corrected chi connectivity index (χ2v) is 9.41. The normalized spacial score (nSPS) is 14.4. The first kappa shape index (κ1) is 26.9. The molecule has 0 aliphatic carbocycles. The smallest absolute Gasteiger partial charge is 0.335 e. The van der Waals surface area contributed by atoms with Gasteiger partial charge in [0.25, 0.3) is 17.7 Å². The topological polar surface area (TPSA) is 114 Å². The molecule has 3 aromatic rings. The third-order valence-corrected chi connectivity index (χ3v) is 6.49. The van der Waals surface area contributed by atoms with Gasteiger partial charge in [0.2, 0.25) is 0 Å². The van der Waals surface area contributed by atoms with E-state index in [1.54, 1.807) is 74.7 Å². The Kier molecular flexibility index (Phi) is 8.13. The monoisotopic (exact) mass is 597 g/mol. The zero-order valence-electron chi connectivity index (χ0n) is 20.2. The van der Waals surface area contributed by atoms with E-state index in [4.69, 9.17) is 21.1 Å². The van der Waals surface area contributed by atoms with E-state index >= 15 is 0 Å². The minimum absolute atomic E-state index is 0.244. The largest absolute Gasteiger partial charge is 0.497 e. The number of imide groups is 2. The number of hydrogen-bond donors (Lipinski definition) is 2. The average molecular weight is 599 g/mol. The van der Waals surface area contributed by atoms with E-state index in [1.165, 1.54) is 6.08 Å². The number of amides is 5. The summed E-state index contributed by atoms with van der Waals surface area (Å²) in [6, 6.07) is 15.6. The minimum Gasteiger partial charge on any atom is -0.497 e. The van der Waals surface area contributed by atoms with Gasteiger partial charge in [-0.05, 0) is 73.2 Å². The van der Waals surface area contributed by atoms with Crippen LogP contribution in [-0.4, -0.2) is 37.5 Å². The average Bonchev–Trinajstić information content (AvgIpc) is 2.89. The maximum absolute atomic E-state index is 13.3. The Morgan fingerprint density at radius 3 is 2.55 bits per heavy atom. The number of methoxy groups -OCH3 is 1. The van der Waals surface area contributed by atoms with Crippen LogP contribution in [0.15, 0.2) is 70.7 Å². The molecule has 4 rings (SSSR count). The van der Waals surface area contributed by atoms with Gasteiger partial charge < -0.3 is 14.8 Å². The summed E-state index contributed by atoms with van der Waals surface area (Å²) >= 11 is 9.54. The predicted octanol–water partition coefficient (Wildman–Crippen LogP) is 5.10. The molecule has 1 saturated heterocycles. The van der Waals surface area contributed by atoms with Crippen LogP contribution in [0.2, 0.25) is 5.02 Å². The van der Waals surface area contributed by atoms with Gasteiger partial charge in [-0.25, -0.2) is 9.69 Å². The van der Waals surface area contributed by atoms with Gasteiger partial charge in [0.15, 0.2) is 6.61 Å². The van der Waals surface area contributed by atoms with Crippen molar-refractivity contribution in [2.45, 2.75) is 6.92 Å². The van der Waals surface area contributed by atoms with Gasteiger partial charge in [-0.15, -0.1) is 0 Å². The number of nitrogens with zero attached hydrogens (tertiary/aromatic N) is 1. The van der Waals surface area contributed by atoms with Crippen LogP contribution in [0.1, 0.15) is 11.1 Å². The number of urea groups is 1. The summed E-state index contributed by atoms with van der Waals surface area (Å²) in [5.74, 6) is -1.21. The molecule has 3 aromatic carbocycles. The molecule has 1 aliphatic rings. The number of halogens is 2. The highest BCUT2D eigenvalue weighted by Crippen LogP contribution is 2.31. The summed E-state index contributed by atoms with van der Waals surface area (Å²) in [6.07, 6.45) is 1.30. The third-order valence-electron chi connectivity index (χ3n) is 5.59. The summed E-state index contributed by atoms with van der Waals surface area (Å²) in [5.41, 5.74) is 1.35. The van der Waals surface area contributed by atoms with Crippen LogP contribution >= 0.6 is 27.5 Å². The highest BCUT2D eigenvalue weighted by Gasteiger charge is 2.37. The number of carbonyl (C=O) groups is 4. The van der Waals surface area contributed by atoms with Gasteiger partial charge in [0, 0.05) is 20.7 Å². The first-order valence-electron chi connectivity index (χ1n) is 11.2. The van der Waals surface area contributed by atoms with Crippen molar-refractivity contribution in [3.8, 4) is 11.5 Å². The van der Waals surface area contributed by atoms with E-state index in [9.17, 15) is 19.2 Å². The van der Waals surface area contributed by atoms with Crippen molar-refractivity contribution in [2.24, 2.45) is 0 Å². The van der Waals surface area contributed by atoms with Crippen LogP contribution in [0.3, 0.4) is 0 Å². The third kappa shape index (κ3) is 5.87. The summed E-state index contributed by atoms with van der Waals surface area (Å²) in [7, 11) is 1.55. The Morgan fingerprint density at radius 1 is 1.11 bits per heavy atom. The van der Waals surface area contributed by atoms with Crippen LogP contribution in [0, 0.1) is 6.92 Å². The zero-order chi connectivity index (χ0) is 27.4. The molecular formula is C27H21BrClN3O6. The second kappa shape index (κ2) is 11.5. The lowest BCUT2D eigenvalue weighted by atomic mass is 10.0. The molecule has 11 heteroatoms. The molecule has 5 amide bonds. The lowest BCUT2D eigenvalue weighted by Gasteiger charge is -2.27. The predicted molar refractivity (Wildman–Crippen MR) is 146 cm³/mol. The van der Waals surface area contributed by atoms with Gasteiger partial charge in [-0.3, -0.25) is 19.7 Å². The Hall–Kier alpha value is -4.15. The molecule has 0 aromatic heterocycles. The molecular weight excluding hydrogens is 578 g/mol. The molecule has 0 bridgehead atoms. The number of barbiturate groups is 1. The lowest BCUT2D eigenvalue weighted by molar-refractivity contribution is -0.122.